The van der Waals surface area contributed by atoms with Crippen LogP contribution in [0.25, 0.3) is 10.6 Å². The zero-order chi connectivity index (χ0) is 17.7. The number of fused-ring (bicyclic) bond motifs is 2. The Bertz CT molecular complexity index is 854. The molecule has 0 N–H and O–H groups in total. The Balaban J connectivity index is 1.81. The molecule has 1 aromatic heterocycles. The summed E-state index contributed by atoms with van der Waals surface area (Å²) in [5.41, 5.74) is 1.39. The molecule has 1 heterocycles. The third-order valence-electron chi connectivity index (χ3n) is 5.31. The smallest absolute Gasteiger partial charge is 0.152 e. The van der Waals surface area contributed by atoms with E-state index in [1.165, 1.54) is 11.3 Å². The average molecular weight is 394 g/mol. The van der Waals surface area contributed by atoms with Gasteiger partial charge in [-0.05, 0) is 31.7 Å². The van der Waals surface area contributed by atoms with Gasteiger partial charge in [0.05, 0.1) is 15.7 Å². The van der Waals surface area contributed by atoms with Crippen molar-refractivity contribution in [1.82, 2.24) is 4.98 Å². The zero-order valence-electron chi connectivity index (χ0n) is 13.7. The summed E-state index contributed by atoms with van der Waals surface area (Å²) in [5.74, 6) is -0.524. The highest BCUT2D eigenvalue weighted by molar-refractivity contribution is 7.15. The second-order valence-electron chi connectivity index (χ2n) is 6.73. The number of aryl methyl sites for hydroxylation is 1. The molecule has 0 spiro atoms. The van der Waals surface area contributed by atoms with Crippen LogP contribution in [-0.2, 0) is 16.0 Å². The number of nitrogens with zero attached hydrogens (tertiary/aromatic N) is 1. The van der Waals surface area contributed by atoms with Gasteiger partial charge in [-0.2, -0.15) is 0 Å². The topological polar surface area (TPSA) is 47.0 Å². The lowest BCUT2D eigenvalue weighted by molar-refractivity contribution is -0.136. The molecule has 1 unspecified atom stereocenters. The fraction of sp³-hybridized carbons (Fsp3) is 0.421. The van der Waals surface area contributed by atoms with E-state index in [9.17, 15) is 9.59 Å². The van der Waals surface area contributed by atoms with E-state index in [-0.39, 0.29) is 23.4 Å². The maximum atomic E-state index is 12.8. The van der Waals surface area contributed by atoms with Gasteiger partial charge < -0.3 is 0 Å². The molecule has 2 aliphatic carbocycles. The van der Waals surface area contributed by atoms with Gasteiger partial charge in [-0.1, -0.05) is 42.3 Å². The van der Waals surface area contributed by atoms with Crippen LogP contribution >= 0.6 is 34.5 Å². The van der Waals surface area contributed by atoms with E-state index in [0.29, 0.717) is 15.7 Å². The molecule has 2 fully saturated rings. The third kappa shape index (κ3) is 2.75. The molecule has 4 rings (SSSR count). The number of hydrogen-bond acceptors (Lipinski definition) is 4. The van der Waals surface area contributed by atoms with Crippen molar-refractivity contribution in [2.45, 2.75) is 38.5 Å². The van der Waals surface area contributed by atoms with Crippen molar-refractivity contribution in [3.8, 4) is 10.6 Å². The van der Waals surface area contributed by atoms with Crippen molar-refractivity contribution in [3.63, 3.8) is 0 Å². The molecule has 3 nitrogen and oxygen atoms in total. The minimum absolute atomic E-state index is 0.0253. The Morgan fingerprint density at radius 1 is 1.16 bits per heavy atom. The van der Waals surface area contributed by atoms with Crippen LogP contribution in [0, 0.1) is 11.8 Å². The quantitative estimate of drug-likeness (QED) is 0.661. The van der Waals surface area contributed by atoms with E-state index >= 15 is 0 Å². The summed E-state index contributed by atoms with van der Waals surface area (Å²) < 4.78 is 0. The van der Waals surface area contributed by atoms with Crippen molar-refractivity contribution < 1.29 is 9.59 Å². The summed E-state index contributed by atoms with van der Waals surface area (Å²) in [7, 11) is 0. The van der Waals surface area contributed by atoms with Gasteiger partial charge >= 0.3 is 0 Å². The van der Waals surface area contributed by atoms with Crippen LogP contribution in [0.4, 0.5) is 0 Å². The summed E-state index contributed by atoms with van der Waals surface area (Å²) in [5, 5.41) is 1.64. The van der Waals surface area contributed by atoms with Crippen molar-refractivity contribution in [3.05, 3.63) is 38.8 Å². The van der Waals surface area contributed by atoms with Crippen LogP contribution in [-0.4, -0.2) is 16.6 Å². The van der Waals surface area contributed by atoms with E-state index in [4.69, 9.17) is 28.2 Å². The fourth-order valence-corrected chi connectivity index (χ4v) is 5.52. The molecule has 130 valence electrons. The number of Topliss-reactive ketones (excluding diaryl/α,β-unsaturated/α-hetero) is 2. The normalized spacial score (nSPS) is 25.6. The van der Waals surface area contributed by atoms with Crippen LogP contribution < -0.4 is 0 Å². The highest BCUT2D eigenvalue weighted by Crippen LogP contribution is 2.46. The predicted octanol–water partition coefficient (Wildman–Crippen LogP) is 5.33. The Labute approximate surface area is 160 Å². The van der Waals surface area contributed by atoms with Gasteiger partial charge in [0.2, 0.25) is 0 Å². The van der Waals surface area contributed by atoms with E-state index in [1.54, 1.807) is 6.07 Å². The van der Waals surface area contributed by atoms with E-state index in [2.05, 4.69) is 0 Å². The van der Waals surface area contributed by atoms with Gasteiger partial charge in [-0.15, -0.1) is 11.3 Å². The molecular formula is C19H17Cl2NO2S. The van der Waals surface area contributed by atoms with Gasteiger partial charge in [0.1, 0.15) is 10.9 Å². The molecule has 0 aliphatic heterocycles. The van der Waals surface area contributed by atoms with E-state index < -0.39 is 5.92 Å². The first-order valence-electron chi connectivity index (χ1n) is 8.52. The zero-order valence-corrected chi connectivity index (χ0v) is 16.0. The fourth-order valence-electron chi connectivity index (χ4n) is 4.01. The van der Waals surface area contributed by atoms with E-state index in [1.807, 2.05) is 19.1 Å². The lowest BCUT2D eigenvalue weighted by Crippen LogP contribution is -2.35. The number of hydrogen-bond donors (Lipinski definition) is 0. The number of benzene rings is 1. The first-order valence-corrected chi connectivity index (χ1v) is 10.1. The summed E-state index contributed by atoms with van der Waals surface area (Å²) in [6.07, 6.45) is 3.14. The number of thiazole rings is 1. The third-order valence-corrected chi connectivity index (χ3v) is 7.38. The Hall–Kier alpha value is -1.23. The van der Waals surface area contributed by atoms with Crippen molar-refractivity contribution in [2.75, 3.05) is 0 Å². The molecule has 2 saturated carbocycles. The number of carbonyl (C=O) groups excluding carboxylic acids is 2. The minimum atomic E-state index is -0.691. The molecule has 25 heavy (non-hydrogen) atoms. The largest absolute Gasteiger partial charge is 0.298 e. The maximum Gasteiger partial charge on any atom is 0.152 e. The van der Waals surface area contributed by atoms with Gasteiger partial charge in [-0.3, -0.25) is 9.59 Å². The first-order chi connectivity index (χ1) is 12.0. The summed E-state index contributed by atoms with van der Waals surface area (Å²) >= 11 is 14.0. The summed E-state index contributed by atoms with van der Waals surface area (Å²) in [4.78, 5) is 31.3. The van der Waals surface area contributed by atoms with Crippen LogP contribution in [0.15, 0.2) is 18.2 Å². The minimum Gasteiger partial charge on any atom is -0.298 e. The predicted molar refractivity (Wildman–Crippen MR) is 101 cm³/mol. The van der Waals surface area contributed by atoms with Crippen molar-refractivity contribution in [2.24, 2.45) is 11.8 Å². The molecule has 3 atom stereocenters. The van der Waals surface area contributed by atoms with Gasteiger partial charge in [0, 0.05) is 22.3 Å². The molecule has 0 radical (unpaired) electrons. The van der Waals surface area contributed by atoms with Crippen LogP contribution in [0.1, 0.15) is 42.7 Å². The van der Waals surface area contributed by atoms with E-state index in [0.717, 1.165) is 41.1 Å². The maximum absolute atomic E-state index is 12.8. The number of halogens is 2. The Morgan fingerprint density at radius 3 is 2.48 bits per heavy atom. The molecule has 1 aromatic carbocycles. The molecule has 2 bridgehead atoms. The average Bonchev–Trinajstić information content (AvgIpc) is 3.22. The second-order valence-corrected chi connectivity index (χ2v) is 8.60. The monoisotopic (exact) mass is 393 g/mol. The Morgan fingerprint density at radius 2 is 1.84 bits per heavy atom. The molecular weight excluding hydrogens is 377 g/mol. The molecule has 0 amide bonds. The summed E-state index contributed by atoms with van der Waals surface area (Å²) in [6, 6.07) is 5.42. The van der Waals surface area contributed by atoms with Gasteiger partial charge in [0.15, 0.2) is 11.6 Å². The molecule has 0 saturated heterocycles. The summed E-state index contributed by atoms with van der Waals surface area (Å²) in [6.45, 7) is 2.02. The standard InChI is InChI=1S/C19H17Cl2NO2S/c1-2-13-16(14-17(23)9-6-7-10(8-9)18(14)24)22-19(25-13)11-4-3-5-12(20)15(11)21/h3-5,9-10,14H,2,6-8H2,1H3/t9-,10+,14?. The van der Waals surface area contributed by atoms with Crippen molar-refractivity contribution in [1.29, 1.82) is 0 Å². The van der Waals surface area contributed by atoms with Crippen LogP contribution in [0.5, 0.6) is 0 Å². The SMILES string of the molecule is CCc1sc(-c2cccc(Cl)c2Cl)nc1C1C(=O)[C@@H]2CC[C@@H](C2)C1=O. The van der Waals surface area contributed by atoms with Crippen molar-refractivity contribution >= 4 is 46.1 Å². The second kappa shape index (κ2) is 6.49. The van der Waals surface area contributed by atoms with Crippen LogP contribution in [0.3, 0.4) is 0 Å². The lowest BCUT2D eigenvalue weighted by Gasteiger charge is -2.24. The lowest BCUT2D eigenvalue weighted by atomic mass is 9.77. The molecule has 2 aromatic rings. The molecule has 2 aliphatic rings. The van der Waals surface area contributed by atoms with Gasteiger partial charge in [-0.25, -0.2) is 4.98 Å². The highest BCUT2D eigenvalue weighted by Gasteiger charge is 2.48. The Kier molecular flexibility index (Phi) is 4.47. The number of ketones is 2. The number of aromatic nitrogens is 1. The first kappa shape index (κ1) is 17.2. The number of rotatable bonds is 3. The van der Waals surface area contributed by atoms with Gasteiger partial charge in [0.25, 0.3) is 0 Å². The highest BCUT2D eigenvalue weighted by atomic mass is 35.5. The molecule has 6 heteroatoms. The van der Waals surface area contributed by atoms with Crippen LogP contribution in [0.2, 0.25) is 10.0 Å². The number of carbonyl (C=O) groups is 2.